The summed E-state index contributed by atoms with van der Waals surface area (Å²) < 4.78 is 14.3. The van der Waals surface area contributed by atoms with E-state index in [9.17, 15) is 4.79 Å². The molecule has 0 N–H and O–H groups in total. The van der Waals surface area contributed by atoms with E-state index >= 15 is 0 Å². The molecule has 29 heavy (non-hydrogen) atoms. The van der Waals surface area contributed by atoms with E-state index < -0.39 is 0 Å². The molecule has 0 bridgehead atoms. The van der Waals surface area contributed by atoms with Crippen molar-refractivity contribution in [1.29, 1.82) is 0 Å². The average Bonchev–Trinajstić information content (AvgIpc) is 3.29. The summed E-state index contributed by atoms with van der Waals surface area (Å²) in [5.74, 6) is 1.98. The zero-order chi connectivity index (χ0) is 20.0. The van der Waals surface area contributed by atoms with Crippen molar-refractivity contribution in [2.45, 2.75) is 31.4 Å². The fraction of sp³-hybridized carbons (Fsp3) is 0.316. The van der Waals surface area contributed by atoms with E-state index in [0.717, 1.165) is 18.6 Å². The third-order valence-corrected chi connectivity index (χ3v) is 5.32. The summed E-state index contributed by atoms with van der Waals surface area (Å²) >= 11 is 5.89. The number of ether oxygens (including phenoxy) is 1. The van der Waals surface area contributed by atoms with Gasteiger partial charge in [0.2, 0.25) is 5.89 Å². The molecule has 4 aromatic rings. The van der Waals surface area contributed by atoms with Crippen LogP contribution < -0.4 is 10.3 Å². The van der Waals surface area contributed by atoms with E-state index in [1.165, 1.54) is 10.9 Å². The zero-order valence-electron chi connectivity index (χ0n) is 15.5. The monoisotopic (exact) mass is 412 g/mol. The zero-order valence-corrected chi connectivity index (χ0v) is 16.3. The van der Waals surface area contributed by atoms with Crippen molar-refractivity contribution in [1.82, 2.24) is 29.2 Å². The quantitative estimate of drug-likeness (QED) is 0.496. The van der Waals surface area contributed by atoms with E-state index in [0.29, 0.717) is 27.9 Å². The first-order valence-electron chi connectivity index (χ1n) is 9.18. The molecule has 0 spiro atoms. The minimum absolute atomic E-state index is 0.113. The minimum Gasteiger partial charge on any atom is -0.490 e. The van der Waals surface area contributed by atoms with Gasteiger partial charge in [-0.15, -0.1) is 0 Å². The molecule has 1 fully saturated rings. The summed E-state index contributed by atoms with van der Waals surface area (Å²) in [6.45, 7) is 0.164. The van der Waals surface area contributed by atoms with Gasteiger partial charge in [0, 0.05) is 18.0 Å². The molecule has 0 unspecified atom stereocenters. The number of hydrogen-bond donors (Lipinski definition) is 0. The van der Waals surface area contributed by atoms with Gasteiger partial charge in [0.05, 0.1) is 6.33 Å². The van der Waals surface area contributed by atoms with Gasteiger partial charge in [0.15, 0.2) is 17.0 Å². The second kappa shape index (κ2) is 7.00. The minimum atomic E-state index is -0.199. The fourth-order valence-corrected chi connectivity index (χ4v) is 3.53. The van der Waals surface area contributed by atoms with Crippen LogP contribution in [-0.4, -0.2) is 35.3 Å². The van der Waals surface area contributed by atoms with Gasteiger partial charge in [0.25, 0.3) is 5.56 Å². The number of rotatable bonds is 5. The molecule has 5 rings (SSSR count). The van der Waals surface area contributed by atoms with E-state index in [1.54, 1.807) is 30.1 Å². The van der Waals surface area contributed by atoms with Crippen LogP contribution in [0.2, 0.25) is 5.02 Å². The number of imidazole rings is 1. The van der Waals surface area contributed by atoms with E-state index in [-0.39, 0.29) is 24.1 Å². The molecular weight excluding hydrogens is 396 g/mol. The highest BCUT2D eigenvalue weighted by atomic mass is 35.5. The van der Waals surface area contributed by atoms with Crippen molar-refractivity contribution in [2.75, 3.05) is 0 Å². The molecule has 1 saturated carbocycles. The van der Waals surface area contributed by atoms with Crippen molar-refractivity contribution in [3.8, 4) is 5.75 Å². The van der Waals surface area contributed by atoms with Crippen LogP contribution in [0.4, 0.5) is 0 Å². The van der Waals surface area contributed by atoms with Gasteiger partial charge in [-0.1, -0.05) is 16.8 Å². The van der Waals surface area contributed by atoms with Crippen molar-refractivity contribution < 1.29 is 9.26 Å². The molecule has 0 atom stereocenters. The molecular formula is C19H17ClN6O3. The lowest BCUT2D eigenvalue weighted by molar-refractivity contribution is 0.0943. The molecule has 10 heteroatoms. The first-order valence-corrected chi connectivity index (χ1v) is 9.56. The molecule has 0 radical (unpaired) electrons. The SMILES string of the molecule is Cn1cnc2ncn(Cc3nc([C@H]4C[C@H](Oc5ccc(Cl)cc5)C4)no3)c(=O)c21. The third-order valence-electron chi connectivity index (χ3n) is 5.07. The Bertz CT molecular complexity index is 1220. The van der Waals surface area contributed by atoms with Gasteiger partial charge in [-0.3, -0.25) is 9.36 Å². The Morgan fingerprint density at radius 1 is 1.21 bits per heavy atom. The van der Waals surface area contributed by atoms with Crippen LogP contribution in [0, 0.1) is 0 Å². The van der Waals surface area contributed by atoms with Crippen molar-refractivity contribution >= 4 is 22.8 Å². The van der Waals surface area contributed by atoms with Gasteiger partial charge in [-0.05, 0) is 37.1 Å². The number of aryl methyl sites for hydroxylation is 1. The summed E-state index contributed by atoms with van der Waals surface area (Å²) in [6, 6.07) is 7.32. The van der Waals surface area contributed by atoms with E-state index in [2.05, 4.69) is 20.1 Å². The molecule has 1 aliphatic carbocycles. The number of benzene rings is 1. The summed E-state index contributed by atoms with van der Waals surface area (Å²) in [5, 5.41) is 4.76. The second-order valence-electron chi connectivity index (χ2n) is 7.11. The topological polar surface area (TPSA) is 101 Å². The largest absolute Gasteiger partial charge is 0.490 e. The van der Waals surface area contributed by atoms with Crippen LogP contribution in [0.25, 0.3) is 11.2 Å². The van der Waals surface area contributed by atoms with Gasteiger partial charge in [-0.2, -0.15) is 4.98 Å². The highest BCUT2D eigenvalue weighted by molar-refractivity contribution is 6.30. The standard InChI is InChI=1S/C19H17ClN6O3/c1-25-9-21-18-16(25)19(27)26(10-22-18)8-15-23-17(24-29-15)11-6-14(7-11)28-13-4-2-12(20)3-5-13/h2-5,9-11,14H,6-8H2,1H3/t11-,14-. The predicted molar refractivity (Wildman–Crippen MR) is 104 cm³/mol. The highest BCUT2D eigenvalue weighted by Crippen LogP contribution is 2.38. The van der Waals surface area contributed by atoms with Gasteiger partial charge >= 0.3 is 0 Å². The second-order valence-corrected chi connectivity index (χ2v) is 7.55. The maximum atomic E-state index is 12.6. The molecule has 148 valence electrons. The Balaban J connectivity index is 1.24. The lowest BCUT2D eigenvalue weighted by Crippen LogP contribution is -2.32. The van der Waals surface area contributed by atoms with Gasteiger partial charge < -0.3 is 13.8 Å². The van der Waals surface area contributed by atoms with Gasteiger partial charge in [-0.25, -0.2) is 9.97 Å². The lowest BCUT2D eigenvalue weighted by Gasteiger charge is -2.33. The van der Waals surface area contributed by atoms with Crippen LogP contribution in [0.5, 0.6) is 5.75 Å². The van der Waals surface area contributed by atoms with Crippen LogP contribution in [0.3, 0.4) is 0 Å². The number of hydrogen-bond acceptors (Lipinski definition) is 7. The van der Waals surface area contributed by atoms with Crippen molar-refractivity contribution in [3.05, 3.63) is 64.0 Å². The molecule has 1 aromatic carbocycles. The summed E-state index contributed by atoms with van der Waals surface area (Å²) in [4.78, 5) is 25.3. The first-order chi connectivity index (χ1) is 14.1. The van der Waals surface area contributed by atoms with Gasteiger partial charge in [0.1, 0.15) is 24.7 Å². The average molecular weight is 413 g/mol. The predicted octanol–water partition coefficient (Wildman–Crippen LogP) is 2.54. The van der Waals surface area contributed by atoms with E-state index in [1.807, 2.05) is 12.1 Å². The Hall–Kier alpha value is -3.20. The molecule has 9 nitrogen and oxygen atoms in total. The maximum absolute atomic E-state index is 12.6. The molecule has 3 heterocycles. The molecule has 1 aliphatic rings. The van der Waals surface area contributed by atoms with Crippen LogP contribution in [0.1, 0.15) is 30.5 Å². The highest BCUT2D eigenvalue weighted by Gasteiger charge is 2.35. The van der Waals surface area contributed by atoms with Crippen LogP contribution >= 0.6 is 11.6 Å². The molecule has 0 amide bonds. The smallest absolute Gasteiger partial charge is 0.280 e. The third kappa shape index (κ3) is 3.38. The summed E-state index contributed by atoms with van der Waals surface area (Å²) in [6.07, 6.45) is 4.74. The Labute approximate surface area is 169 Å². The van der Waals surface area contributed by atoms with Crippen LogP contribution in [-0.2, 0) is 13.6 Å². The maximum Gasteiger partial charge on any atom is 0.280 e. The normalized spacial score (nSPS) is 18.7. The Kier molecular flexibility index (Phi) is 4.31. The molecule has 0 aliphatic heterocycles. The van der Waals surface area contributed by atoms with Crippen LogP contribution in [0.15, 0.2) is 46.2 Å². The summed E-state index contributed by atoms with van der Waals surface area (Å²) in [5.41, 5.74) is 0.657. The number of halogens is 1. The first kappa shape index (κ1) is 17.9. The number of aromatic nitrogens is 6. The van der Waals surface area contributed by atoms with Crippen molar-refractivity contribution in [2.24, 2.45) is 7.05 Å². The van der Waals surface area contributed by atoms with E-state index in [4.69, 9.17) is 20.9 Å². The Morgan fingerprint density at radius 3 is 2.76 bits per heavy atom. The molecule has 0 saturated heterocycles. The summed E-state index contributed by atoms with van der Waals surface area (Å²) in [7, 11) is 1.76. The fourth-order valence-electron chi connectivity index (χ4n) is 3.41. The van der Waals surface area contributed by atoms with Crippen molar-refractivity contribution in [3.63, 3.8) is 0 Å². The Morgan fingerprint density at radius 2 is 1.97 bits per heavy atom. The number of nitrogens with zero attached hydrogens (tertiary/aromatic N) is 6. The number of fused-ring (bicyclic) bond motifs is 1. The lowest BCUT2D eigenvalue weighted by atomic mass is 9.82. The molecule has 3 aromatic heterocycles.